The van der Waals surface area contributed by atoms with Crippen LogP contribution >= 0.6 is 11.6 Å². The molecule has 1 N–H and O–H groups in total. The first-order valence-corrected chi connectivity index (χ1v) is 8.30. The van der Waals surface area contributed by atoms with Crippen LogP contribution in [0.5, 0.6) is 11.5 Å². The zero-order valence-corrected chi connectivity index (χ0v) is 14.9. The van der Waals surface area contributed by atoms with Gasteiger partial charge in [-0.25, -0.2) is 9.67 Å². The number of hydrogen-bond acceptors (Lipinski definition) is 4. The highest BCUT2D eigenvalue weighted by Crippen LogP contribution is 2.39. The summed E-state index contributed by atoms with van der Waals surface area (Å²) in [6, 6.07) is 8.30. The van der Waals surface area contributed by atoms with E-state index in [1.807, 2.05) is 5.92 Å². The summed E-state index contributed by atoms with van der Waals surface area (Å²) in [6.45, 7) is 0. The lowest BCUT2D eigenvalue weighted by atomic mass is 9.95. The molecule has 0 fully saturated rings. The second-order valence-electron chi connectivity index (χ2n) is 5.73. The lowest BCUT2D eigenvalue weighted by Crippen LogP contribution is -2.27. The van der Waals surface area contributed by atoms with Gasteiger partial charge in [0.05, 0.1) is 5.56 Å². The van der Waals surface area contributed by atoms with Crippen LogP contribution in [0.1, 0.15) is 17.2 Å². The van der Waals surface area contributed by atoms with Crippen LogP contribution in [0.3, 0.4) is 0 Å². The van der Waals surface area contributed by atoms with E-state index in [2.05, 4.69) is 10.1 Å². The van der Waals surface area contributed by atoms with Gasteiger partial charge in [-0.05, 0) is 42.0 Å². The molecular formula is C19H13ClF3N3O2. The van der Waals surface area contributed by atoms with E-state index in [9.17, 15) is 18.3 Å². The monoisotopic (exact) mass is 407 g/mol. The van der Waals surface area contributed by atoms with Crippen LogP contribution in [0.15, 0.2) is 55.1 Å². The van der Waals surface area contributed by atoms with Gasteiger partial charge in [0.2, 0.25) is 0 Å². The number of benzene rings is 2. The highest BCUT2D eigenvalue weighted by Gasteiger charge is 2.38. The molecule has 0 saturated carbocycles. The van der Waals surface area contributed by atoms with Gasteiger partial charge in [0.1, 0.15) is 36.3 Å². The topological polar surface area (TPSA) is 60.2 Å². The van der Waals surface area contributed by atoms with E-state index in [0.717, 1.165) is 17.1 Å². The lowest BCUT2D eigenvalue weighted by molar-refractivity contribution is -0.138. The summed E-state index contributed by atoms with van der Waals surface area (Å²) in [5.74, 6) is 2.33. The van der Waals surface area contributed by atoms with Crippen LogP contribution in [0, 0.1) is 12.3 Å². The molecule has 2 aromatic carbocycles. The predicted molar refractivity (Wildman–Crippen MR) is 96.0 cm³/mol. The fourth-order valence-electron chi connectivity index (χ4n) is 2.65. The van der Waals surface area contributed by atoms with Gasteiger partial charge in [0.25, 0.3) is 0 Å². The van der Waals surface area contributed by atoms with Crippen LogP contribution < -0.4 is 4.74 Å². The maximum atomic E-state index is 13.7. The van der Waals surface area contributed by atoms with Gasteiger partial charge in [-0.3, -0.25) is 0 Å². The molecule has 1 aromatic heterocycles. The molecule has 0 bridgehead atoms. The minimum absolute atomic E-state index is 0.0362. The van der Waals surface area contributed by atoms with Crippen molar-refractivity contribution in [1.29, 1.82) is 0 Å². The maximum absolute atomic E-state index is 13.7. The molecule has 0 saturated heterocycles. The Kier molecular flexibility index (Phi) is 5.58. The Labute approximate surface area is 163 Å². The molecule has 0 aliphatic rings. The van der Waals surface area contributed by atoms with E-state index in [-0.39, 0.29) is 11.3 Å². The Morgan fingerprint density at radius 2 is 1.82 bits per heavy atom. The summed E-state index contributed by atoms with van der Waals surface area (Å²) in [6.07, 6.45) is 1.30. The number of aliphatic hydroxyl groups excluding tert-OH is 1. The van der Waals surface area contributed by atoms with E-state index in [1.165, 1.54) is 30.6 Å². The van der Waals surface area contributed by atoms with E-state index < -0.39 is 23.9 Å². The molecular weight excluding hydrogens is 395 g/mol. The highest BCUT2D eigenvalue weighted by atomic mass is 35.5. The second kappa shape index (κ2) is 7.92. The summed E-state index contributed by atoms with van der Waals surface area (Å²) in [5.41, 5.74) is -1.26. The van der Waals surface area contributed by atoms with E-state index in [1.54, 1.807) is 12.1 Å². The first-order valence-electron chi connectivity index (χ1n) is 7.92. The van der Waals surface area contributed by atoms with Crippen molar-refractivity contribution < 1.29 is 23.0 Å². The first kappa shape index (κ1) is 19.7. The SMILES string of the molecule is C#CC(O)C(c1ccc(Oc2ccc(Cl)cc2)cc1C(F)(F)F)n1cncn1. The van der Waals surface area contributed by atoms with Gasteiger partial charge in [-0.15, -0.1) is 6.42 Å². The molecule has 144 valence electrons. The van der Waals surface area contributed by atoms with Crippen LogP contribution in [0.2, 0.25) is 5.02 Å². The molecule has 5 nitrogen and oxygen atoms in total. The number of nitrogens with zero attached hydrogens (tertiary/aromatic N) is 3. The van der Waals surface area contributed by atoms with Crippen molar-refractivity contribution >= 4 is 11.6 Å². The number of alkyl halides is 3. The normalized spacial score (nSPS) is 13.6. The first-order chi connectivity index (χ1) is 13.3. The lowest BCUT2D eigenvalue weighted by Gasteiger charge is -2.24. The van der Waals surface area contributed by atoms with Crippen molar-refractivity contribution in [2.24, 2.45) is 0 Å². The third-order valence-corrected chi connectivity index (χ3v) is 4.14. The molecule has 3 aromatic rings. The molecule has 28 heavy (non-hydrogen) atoms. The summed E-state index contributed by atoms with van der Waals surface area (Å²) >= 11 is 5.79. The van der Waals surface area contributed by atoms with Crippen molar-refractivity contribution in [2.45, 2.75) is 18.3 Å². The second-order valence-corrected chi connectivity index (χ2v) is 6.17. The van der Waals surface area contributed by atoms with Crippen LogP contribution in [0.25, 0.3) is 0 Å². The third kappa shape index (κ3) is 4.27. The van der Waals surface area contributed by atoms with Gasteiger partial charge < -0.3 is 9.84 Å². The van der Waals surface area contributed by atoms with Crippen molar-refractivity contribution in [1.82, 2.24) is 14.8 Å². The predicted octanol–water partition coefficient (Wildman–Crippen LogP) is 4.33. The summed E-state index contributed by atoms with van der Waals surface area (Å²) in [5, 5.41) is 14.4. The quantitative estimate of drug-likeness (QED) is 0.640. The number of aromatic nitrogens is 3. The standard InChI is InChI=1S/C19H13ClF3N3O2/c1-2-17(27)18(26-11-24-10-25-26)15-8-7-14(9-16(15)19(21,22)23)28-13-5-3-12(20)4-6-13/h1,3-11,17-18,27H. The van der Waals surface area contributed by atoms with Crippen molar-refractivity contribution in [3.05, 3.63) is 71.3 Å². The third-order valence-electron chi connectivity index (χ3n) is 3.89. The molecule has 0 spiro atoms. The van der Waals surface area contributed by atoms with Gasteiger partial charge in [0, 0.05) is 5.02 Å². The summed E-state index contributed by atoms with van der Waals surface area (Å²) < 4.78 is 47.8. The highest BCUT2D eigenvalue weighted by molar-refractivity contribution is 6.30. The Morgan fingerprint density at radius 3 is 2.39 bits per heavy atom. The van der Waals surface area contributed by atoms with Gasteiger partial charge in [0.15, 0.2) is 0 Å². The average Bonchev–Trinajstić information content (AvgIpc) is 3.18. The molecule has 1 heterocycles. The maximum Gasteiger partial charge on any atom is 0.416 e. The molecule has 3 rings (SSSR count). The Morgan fingerprint density at radius 1 is 1.14 bits per heavy atom. The van der Waals surface area contributed by atoms with Gasteiger partial charge >= 0.3 is 6.18 Å². The van der Waals surface area contributed by atoms with Crippen molar-refractivity contribution in [3.63, 3.8) is 0 Å². The Hall–Kier alpha value is -3.02. The zero-order valence-electron chi connectivity index (χ0n) is 14.1. The van der Waals surface area contributed by atoms with E-state index in [4.69, 9.17) is 22.8 Å². The fraction of sp³-hybridized carbons (Fsp3) is 0.158. The number of terminal acetylenes is 1. The summed E-state index contributed by atoms with van der Waals surface area (Å²) in [4.78, 5) is 3.71. The molecule has 2 unspecified atom stereocenters. The number of hydrogen-bond donors (Lipinski definition) is 1. The average molecular weight is 408 g/mol. The number of ether oxygens (including phenoxy) is 1. The Balaban J connectivity index is 2.06. The van der Waals surface area contributed by atoms with Gasteiger partial charge in [-0.1, -0.05) is 23.6 Å². The minimum Gasteiger partial charge on any atom is -0.457 e. The molecule has 0 aliphatic heterocycles. The molecule has 2 atom stereocenters. The van der Waals surface area contributed by atoms with Crippen LogP contribution in [-0.2, 0) is 6.18 Å². The van der Waals surface area contributed by atoms with Crippen LogP contribution in [-0.4, -0.2) is 26.0 Å². The molecule has 9 heteroatoms. The summed E-state index contributed by atoms with van der Waals surface area (Å²) in [7, 11) is 0. The minimum atomic E-state index is -4.72. The number of aliphatic hydroxyl groups is 1. The van der Waals surface area contributed by atoms with Crippen molar-refractivity contribution in [2.75, 3.05) is 0 Å². The largest absolute Gasteiger partial charge is 0.457 e. The van der Waals surface area contributed by atoms with E-state index >= 15 is 0 Å². The zero-order chi connectivity index (χ0) is 20.3. The number of halogens is 4. The molecule has 0 aliphatic carbocycles. The Bertz CT molecular complexity index is 983. The van der Waals surface area contributed by atoms with E-state index in [0.29, 0.717) is 10.8 Å². The van der Waals surface area contributed by atoms with Crippen molar-refractivity contribution in [3.8, 4) is 23.8 Å². The number of rotatable bonds is 5. The fourth-order valence-corrected chi connectivity index (χ4v) is 2.78. The van der Waals surface area contributed by atoms with Crippen LogP contribution in [0.4, 0.5) is 13.2 Å². The molecule has 0 radical (unpaired) electrons. The smallest absolute Gasteiger partial charge is 0.416 e. The molecule has 0 amide bonds. The van der Waals surface area contributed by atoms with Gasteiger partial charge in [-0.2, -0.15) is 18.3 Å².